The summed E-state index contributed by atoms with van der Waals surface area (Å²) in [4.78, 5) is 4.22. The number of halogens is 2. The lowest BCUT2D eigenvalue weighted by atomic mass is 10.2. The van der Waals surface area contributed by atoms with Crippen LogP contribution in [-0.2, 0) is 6.61 Å². The highest BCUT2D eigenvalue weighted by atomic mass is 35.5. The molecule has 0 saturated carbocycles. The van der Waals surface area contributed by atoms with Gasteiger partial charge in [0.25, 0.3) is 0 Å². The lowest BCUT2D eigenvalue weighted by Gasteiger charge is -2.08. The molecule has 7 heteroatoms. The van der Waals surface area contributed by atoms with Crippen LogP contribution in [0.4, 0.5) is 9.52 Å². The van der Waals surface area contributed by atoms with Crippen molar-refractivity contribution in [2.75, 3.05) is 5.43 Å². The summed E-state index contributed by atoms with van der Waals surface area (Å²) in [6, 6.07) is 11.9. The molecular formula is C18H15ClFN3OS. The van der Waals surface area contributed by atoms with Gasteiger partial charge in [0.15, 0.2) is 11.6 Å². The smallest absolute Gasteiger partial charge is 0.203 e. The van der Waals surface area contributed by atoms with E-state index in [1.807, 2.05) is 24.4 Å². The second-order valence-corrected chi connectivity index (χ2v) is 6.56. The molecule has 1 N–H and O–H groups in total. The molecule has 1 aromatic heterocycles. The maximum atomic E-state index is 14.1. The average Bonchev–Trinajstić information content (AvgIpc) is 3.01. The maximum absolute atomic E-state index is 14.1. The Morgan fingerprint density at radius 3 is 2.76 bits per heavy atom. The van der Waals surface area contributed by atoms with E-state index in [1.54, 1.807) is 24.3 Å². The van der Waals surface area contributed by atoms with Crippen LogP contribution >= 0.6 is 22.9 Å². The Kier molecular flexibility index (Phi) is 5.63. The number of nitrogens with one attached hydrogen (secondary N) is 1. The van der Waals surface area contributed by atoms with Crippen molar-refractivity contribution < 1.29 is 9.13 Å². The third-order valence-electron chi connectivity index (χ3n) is 3.26. The number of hydrogen-bond donors (Lipinski definition) is 1. The standard InChI is InChI=1S/C18H15ClFN3OS/c1-12-11-25-18(22-12)23-21-9-14-4-7-17(16(20)8-14)24-10-13-2-5-15(19)6-3-13/h2-9,11H,10H2,1H3,(H,22,23). The number of hydrogen-bond acceptors (Lipinski definition) is 5. The summed E-state index contributed by atoms with van der Waals surface area (Å²) in [5, 5.41) is 7.32. The second-order valence-electron chi connectivity index (χ2n) is 5.27. The average molecular weight is 376 g/mol. The number of aryl methyl sites for hydroxylation is 1. The van der Waals surface area contributed by atoms with Crippen LogP contribution in [0.5, 0.6) is 5.75 Å². The van der Waals surface area contributed by atoms with Crippen molar-refractivity contribution >= 4 is 34.3 Å². The van der Waals surface area contributed by atoms with Gasteiger partial charge >= 0.3 is 0 Å². The van der Waals surface area contributed by atoms with Crippen LogP contribution in [0.15, 0.2) is 52.9 Å². The van der Waals surface area contributed by atoms with Gasteiger partial charge in [0.1, 0.15) is 6.61 Å². The number of hydrazone groups is 1. The molecule has 128 valence electrons. The summed E-state index contributed by atoms with van der Waals surface area (Å²) < 4.78 is 19.6. The molecule has 0 radical (unpaired) electrons. The molecule has 3 aromatic rings. The molecule has 0 aliphatic carbocycles. The molecule has 2 aromatic carbocycles. The highest BCUT2D eigenvalue weighted by Gasteiger charge is 2.05. The van der Waals surface area contributed by atoms with Crippen molar-refractivity contribution in [2.45, 2.75) is 13.5 Å². The molecule has 25 heavy (non-hydrogen) atoms. The van der Waals surface area contributed by atoms with Crippen LogP contribution in [0, 0.1) is 12.7 Å². The summed E-state index contributed by atoms with van der Waals surface area (Å²) in [7, 11) is 0. The van der Waals surface area contributed by atoms with E-state index in [1.165, 1.54) is 23.6 Å². The van der Waals surface area contributed by atoms with Gasteiger partial charge in [0.05, 0.1) is 11.9 Å². The van der Waals surface area contributed by atoms with Crippen molar-refractivity contribution in [3.63, 3.8) is 0 Å². The maximum Gasteiger partial charge on any atom is 0.203 e. The first kappa shape index (κ1) is 17.4. The quantitative estimate of drug-likeness (QED) is 0.471. The minimum absolute atomic E-state index is 0.190. The predicted molar refractivity (Wildman–Crippen MR) is 100 cm³/mol. The fourth-order valence-corrected chi connectivity index (χ4v) is 2.79. The number of anilines is 1. The van der Waals surface area contributed by atoms with Crippen LogP contribution in [0.2, 0.25) is 5.02 Å². The third-order valence-corrected chi connectivity index (χ3v) is 4.37. The van der Waals surface area contributed by atoms with Gasteiger partial charge in [-0.25, -0.2) is 9.37 Å². The van der Waals surface area contributed by atoms with E-state index in [0.29, 0.717) is 15.7 Å². The topological polar surface area (TPSA) is 46.5 Å². The van der Waals surface area contributed by atoms with Crippen LogP contribution < -0.4 is 10.2 Å². The molecule has 3 rings (SSSR count). The van der Waals surface area contributed by atoms with Crippen molar-refractivity contribution in [3.05, 3.63) is 75.5 Å². The molecule has 0 fully saturated rings. The molecule has 0 aliphatic heterocycles. The van der Waals surface area contributed by atoms with Gasteiger partial charge in [-0.05, 0) is 48.4 Å². The first-order chi connectivity index (χ1) is 12.1. The van der Waals surface area contributed by atoms with E-state index in [9.17, 15) is 4.39 Å². The number of benzene rings is 2. The summed E-state index contributed by atoms with van der Waals surface area (Å²) in [5.74, 6) is -0.251. The summed E-state index contributed by atoms with van der Waals surface area (Å²) >= 11 is 7.29. The van der Waals surface area contributed by atoms with Gasteiger partial charge in [-0.15, -0.1) is 11.3 Å². The fourth-order valence-electron chi connectivity index (χ4n) is 2.02. The Hall–Kier alpha value is -2.44. The molecule has 0 spiro atoms. The molecule has 1 heterocycles. The summed E-state index contributed by atoms with van der Waals surface area (Å²) in [6.07, 6.45) is 1.53. The molecule has 0 aliphatic rings. The lowest BCUT2D eigenvalue weighted by molar-refractivity contribution is 0.290. The first-order valence-electron chi connectivity index (χ1n) is 7.48. The van der Waals surface area contributed by atoms with Crippen LogP contribution in [0.3, 0.4) is 0 Å². The third kappa shape index (κ3) is 5.01. The highest BCUT2D eigenvalue weighted by Crippen LogP contribution is 2.20. The Morgan fingerprint density at radius 2 is 2.08 bits per heavy atom. The van der Waals surface area contributed by atoms with Gasteiger partial charge in [-0.1, -0.05) is 23.7 Å². The van der Waals surface area contributed by atoms with Crippen molar-refractivity contribution in [1.29, 1.82) is 0 Å². The Morgan fingerprint density at radius 1 is 1.28 bits per heavy atom. The molecule has 0 saturated heterocycles. The molecule has 0 bridgehead atoms. The van der Waals surface area contributed by atoms with E-state index < -0.39 is 5.82 Å². The van der Waals surface area contributed by atoms with Gasteiger partial charge in [0, 0.05) is 10.4 Å². The van der Waals surface area contributed by atoms with E-state index in [4.69, 9.17) is 16.3 Å². The van der Waals surface area contributed by atoms with Crippen LogP contribution in [0.1, 0.15) is 16.8 Å². The SMILES string of the molecule is Cc1csc(NN=Cc2ccc(OCc3ccc(Cl)cc3)c(F)c2)n1. The Balaban J connectivity index is 1.59. The van der Waals surface area contributed by atoms with E-state index in [0.717, 1.165) is 11.3 Å². The highest BCUT2D eigenvalue weighted by molar-refractivity contribution is 7.13. The number of rotatable bonds is 6. The zero-order chi connectivity index (χ0) is 17.6. The van der Waals surface area contributed by atoms with Crippen molar-refractivity contribution in [3.8, 4) is 5.75 Å². The Bertz CT molecular complexity index is 880. The van der Waals surface area contributed by atoms with Gasteiger partial charge in [-0.3, -0.25) is 5.43 Å². The minimum Gasteiger partial charge on any atom is -0.486 e. The van der Waals surface area contributed by atoms with Crippen LogP contribution in [0.25, 0.3) is 0 Å². The van der Waals surface area contributed by atoms with Crippen molar-refractivity contribution in [1.82, 2.24) is 4.98 Å². The van der Waals surface area contributed by atoms with Gasteiger partial charge < -0.3 is 4.74 Å². The zero-order valence-corrected chi connectivity index (χ0v) is 14.9. The summed E-state index contributed by atoms with van der Waals surface area (Å²) in [5.41, 5.74) is 5.27. The Labute approximate surface area is 153 Å². The number of thiazole rings is 1. The normalized spacial score (nSPS) is 11.0. The number of aromatic nitrogens is 1. The molecule has 4 nitrogen and oxygen atoms in total. The fraction of sp³-hybridized carbons (Fsp3) is 0.111. The molecule has 0 atom stereocenters. The molecule has 0 amide bonds. The van der Waals surface area contributed by atoms with Gasteiger partial charge in [-0.2, -0.15) is 5.10 Å². The van der Waals surface area contributed by atoms with Crippen LogP contribution in [-0.4, -0.2) is 11.2 Å². The monoisotopic (exact) mass is 375 g/mol. The predicted octanol–water partition coefficient (Wildman–Crippen LogP) is 5.27. The van der Waals surface area contributed by atoms with E-state index in [2.05, 4.69) is 15.5 Å². The minimum atomic E-state index is -0.442. The number of nitrogens with zero attached hydrogens (tertiary/aromatic N) is 2. The first-order valence-corrected chi connectivity index (χ1v) is 8.74. The van der Waals surface area contributed by atoms with Crippen molar-refractivity contribution in [2.24, 2.45) is 5.10 Å². The zero-order valence-electron chi connectivity index (χ0n) is 13.4. The van der Waals surface area contributed by atoms with E-state index in [-0.39, 0.29) is 12.4 Å². The van der Waals surface area contributed by atoms with Gasteiger partial charge in [0.2, 0.25) is 5.13 Å². The van der Waals surface area contributed by atoms with E-state index >= 15 is 0 Å². The largest absolute Gasteiger partial charge is 0.486 e. The second kappa shape index (κ2) is 8.09. The lowest BCUT2D eigenvalue weighted by Crippen LogP contribution is -1.98. The number of ether oxygens (including phenoxy) is 1. The summed E-state index contributed by atoms with van der Waals surface area (Å²) in [6.45, 7) is 2.18. The molecular weight excluding hydrogens is 361 g/mol. The molecule has 0 unspecified atom stereocenters.